The van der Waals surface area contributed by atoms with Crippen molar-refractivity contribution in [2.24, 2.45) is 5.92 Å². The average molecular weight is 183 g/mol. The van der Waals surface area contributed by atoms with E-state index in [1.54, 1.807) is 0 Å². The fourth-order valence-electron chi connectivity index (χ4n) is 2.11. The molecule has 1 N–H and O–H groups in total. The Morgan fingerprint density at radius 3 is 2.15 bits per heavy atom. The lowest BCUT2D eigenvalue weighted by atomic mass is 9.94. The predicted molar refractivity (Wildman–Crippen MR) is 58.9 cm³/mol. The fourth-order valence-corrected chi connectivity index (χ4v) is 2.11. The van der Waals surface area contributed by atoms with Crippen LogP contribution in [0.15, 0.2) is 0 Å². The lowest BCUT2D eigenvalue weighted by Gasteiger charge is -2.30. The molecule has 1 fully saturated rings. The SMILES string of the molecule is CCC(C)(CC)NCC1CCCC1. The van der Waals surface area contributed by atoms with Crippen molar-refractivity contribution < 1.29 is 0 Å². The Balaban J connectivity index is 2.22. The van der Waals surface area contributed by atoms with Crippen LogP contribution in [0, 0.1) is 5.92 Å². The van der Waals surface area contributed by atoms with Gasteiger partial charge in [0.05, 0.1) is 0 Å². The molecule has 78 valence electrons. The average Bonchev–Trinajstić information content (AvgIpc) is 2.67. The number of nitrogens with one attached hydrogen (secondary N) is 1. The maximum atomic E-state index is 3.74. The second-order valence-corrected chi connectivity index (χ2v) is 4.80. The lowest BCUT2D eigenvalue weighted by Crippen LogP contribution is -2.43. The van der Waals surface area contributed by atoms with Crippen molar-refractivity contribution in [2.75, 3.05) is 6.54 Å². The van der Waals surface area contributed by atoms with E-state index in [1.807, 2.05) is 0 Å². The second kappa shape index (κ2) is 4.99. The first-order chi connectivity index (χ1) is 6.20. The molecule has 0 spiro atoms. The summed E-state index contributed by atoms with van der Waals surface area (Å²) in [5, 5.41) is 3.74. The zero-order valence-corrected chi connectivity index (χ0v) is 9.53. The molecule has 1 saturated carbocycles. The fraction of sp³-hybridized carbons (Fsp3) is 1.00. The van der Waals surface area contributed by atoms with Crippen molar-refractivity contribution in [2.45, 2.75) is 64.8 Å². The van der Waals surface area contributed by atoms with E-state index in [0.29, 0.717) is 5.54 Å². The van der Waals surface area contributed by atoms with Gasteiger partial charge in [0, 0.05) is 5.54 Å². The molecule has 1 nitrogen and oxygen atoms in total. The Bertz CT molecular complexity index is 132. The van der Waals surface area contributed by atoms with E-state index in [-0.39, 0.29) is 0 Å². The molecule has 0 amide bonds. The summed E-state index contributed by atoms with van der Waals surface area (Å²) in [4.78, 5) is 0. The highest BCUT2D eigenvalue weighted by Crippen LogP contribution is 2.25. The van der Waals surface area contributed by atoms with Crippen molar-refractivity contribution >= 4 is 0 Å². The molecule has 1 heteroatoms. The van der Waals surface area contributed by atoms with E-state index in [0.717, 1.165) is 5.92 Å². The summed E-state index contributed by atoms with van der Waals surface area (Å²) >= 11 is 0. The molecule has 0 aromatic carbocycles. The smallest absolute Gasteiger partial charge is 0.0148 e. The second-order valence-electron chi connectivity index (χ2n) is 4.80. The van der Waals surface area contributed by atoms with Crippen LogP contribution in [0.25, 0.3) is 0 Å². The molecule has 0 atom stereocenters. The molecular formula is C12H25N. The molecule has 13 heavy (non-hydrogen) atoms. The Hall–Kier alpha value is -0.0400. The Kier molecular flexibility index (Phi) is 4.24. The van der Waals surface area contributed by atoms with E-state index in [2.05, 4.69) is 26.1 Å². The maximum absolute atomic E-state index is 3.74. The van der Waals surface area contributed by atoms with Crippen LogP contribution in [0.4, 0.5) is 0 Å². The first-order valence-electron chi connectivity index (χ1n) is 5.95. The van der Waals surface area contributed by atoms with E-state index >= 15 is 0 Å². The topological polar surface area (TPSA) is 12.0 Å². The normalized spacial score (nSPS) is 19.6. The standard InChI is InChI=1S/C12H25N/c1-4-12(3,5-2)13-10-11-8-6-7-9-11/h11,13H,4-10H2,1-3H3. The molecule has 0 heterocycles. The first-order valence-corrected chi connectivity index (χ1v) is 5.95. The molecule has 0 aromatic heterocycles. The zero-order valence-electron chi connectivity index (χ0n) is 9.53. The summed E-state index contributed by atoms with van der Waals surface area (Å²) in [6.07, 6.45) is 8.32. The van der Waals surface area contributed by atoms with Crippen molar-refractivity contribution in [3.8, 4) is 0 Å². The highest BCUT2D eigenvalue weighted by Gasteiger charge is 2.21. The molecule has 0 saturated heterocycles. The third-order valence-electron chi connectivity index (χ3n) is 3.85. The van der Waals surface area contributed by atoms with Crippen LogP contribution in [0.2, 0.25) is 0 Å². The van der Waals surface area contributed by atoms with Crippen LogP contribution in [-0.2, 0) is 0 Å². The van der Waals surface area contributed by atoms with Crippen LogP contribution < -0.4 is 5.32 Å². The molecule has 0 bridgehead atoms. The predicted octanol–water partition coefficient (Wildman–Crippen LogP) is 3.34. The summed E-state index contributed by atoms with van der Waals surface area (Å²) in [6, 6.07) is 0. The summed E-state index contributed by atoms with van der Waals surface area (Å²) < 4.78 is 0. The van der Waals surface area contributed by atoms with Crippen molar-refractivity contribution in [1.82, 2.24) is 5.32 Å². The molecule has 0 aliphatic heterocycles. The molecule has 0 unspecified atom stereocenters. The van der Waals surface area contributed by atoms with Crippen LogP contribution in [-0.4, -0.2) is 12.1 Å². The third kappa shape index (κ3) is 3.30. The monoisotopic (exact) mass is 183 g/mol. The molecule has 1 aliphatic carbocycles. The number of rotatable bonds is 5. The van der Waals surface area contributed by atoms with Crippen LogP contribution in [0.3, 0.4) is 0 Å². The van der Waals surface area contributed by atoms with Crippen molar-refractivity contribution in [3.05, 3.63) is 0 Å². The quantitative estimate of drug-likeness (QED) is 0.689. The van der Waals surface area contributed by atoms with Crippen LogP contribution in [0.1, 0.15) is 59.3 Å². The van der Waals surface area contributed by atoms with Gasteiger partial charge in [0.1, 0.15) is 0 Å². The Morgan fingerprint density at radius 2 is 1.69 bits per heavy atom. The lowest BCUT2D eigenvalue weighted by molar-refractivity contribution is 0.305. The van der Waals surface area contributed by atoms with Crippen molar-refractivity contribution in [3.63, 3.8) is 0 Å². The van der Waals surface area contributed by atoms with Gasteiger partial charge in [0.2, 0.25) is 0 Å². The molecular weight excluding hydrogens is 158 g/mol. The highest BCUT2D eigenvalue weighted by molar-refractivity contribution is 4.81. The van der Waals surface area contributed by atoms with Gasteiger partial charge >= 0.3 is 0 Å². The van der Waals surface area contributed by atoms with Crippen LogP contribution >= 0.6 is 0 Å². The summed E-state index contributed by atoms with van der Waals surface area (Å²) in [5.74, 6) is 0.970. The molecule has 1 aliphatic rings. The van der Waals surface area contributed by atoms with Gasteiger partial charge in [-0.1, -0.05) is 26.7 Å². The van der Waals surface area contributed by atoms with Crippen molar-refractivity contribution in [1.29, 1.82) is 0 Å². The maximum Gasteiger partial charge on any atom is 0.0148 e. The van der Waals surface area contributed by atoms with Gasteiger partial charge in [0.15, 0.2) is 0 Å². The summed E-state index contributed by atoms with van der Waals surface area (Å²) in [5.41, 5.74) is 0.391. The Labute approximate surface area is 83.3 Å². The van der Waals surface area contributed by atoms with Gasteiger partial charge < -0.3 is 5.32 Å². The van der Waals surface area contributed by atoms with Crippen LogP contribution in [0.5, 0.6) is 0 Å². The minimum absolute atomic E-state index is 0.391. The minimum Gasteiger partial charge on any atom is -0.311 e. The highest BCUT2D eigenvalue weighted by atomic mass is 15.0. The number of hydrogen-bond acceptors (Lipinski definition) is 1. The third-order valence-corrected chi connectivity index (χ3v) is 3.85. The zero-order chi connectivity index (χ0) is 9.73. The van der Waals surface area contributed by atoms with Gasteiger partial charge in [-0.2, -0.15) is 0 Å². The minimum atomic E-state index is 0.391. The van der Waals surface area contributed by atoms with Gasteiger partial charge in [-0.05, 0) is 45.1 Å². The summed E-state index contributed by atoms with van der Waals surface area (Å²) in [6.45, 7) is 8.16. The molecule has 1 rings (SSSR count). The number of hydrogen-bond donors (Lipinski definition) is 1. The van der Waals surface area contributed by atoms with E-state index in [9.17, 15) is 0 Å². The van der Waals surface area contributed by atoms with Gasteiger partial charge in [-0.15, -0.1) is 0 Å². The van der Waals surface area contributed by atoms with E-state index in [4.69, 9.17) is 0 Å². The van der Waals surface area contributed by atoms with Gasteiger partial charge in [-0.3, -0.25) is 0 Å². The largest absolute Gasteiger partial charge is 0.311 e. The molecule has 0 radical (unpaired) electrons. The summed E-state index contributed by atoms with van der Waals surface area (Å²) in [7, 11) is 0. The van der Waals surface area contributed by atoms with E-state index in [1.165, 1.54) is 45.1 Å². The Morgan fingerprint density at radius 1 is 1.15 bits per heavy atom. The van der Waals surface area contributed by atoms with Gasteiger partial charge in [-0.25, -0.2) is 0 Å². The first kappa shape index (κ1) is 11.0. The van der Waals surface area contributed by atoms with E-state index < -0.39 is 0 Å². The van der Waals surface area contributed by atoms with Gasteiger partial charge in [0.25, 0.3) is 0 Å². The molecule has 0 aromatic rings.